The molecule has 1 aromatic heterocycles. The van der Waals surface area contributed by atoms with Crippen molar-refractivity contribution in [2.24, 2.45) is 5.10 Å². The lowest BCUT2D eigenvalue weighted by Crippen LogP contribution is -2.24. The van der Waals surface area contributed by atoms with Gasteiger partial charge in [-0.15, -0.1) is 0 Å². The number of benzene rings is 2. The summed E-state index contributed by atoms with van der Waals surface area (Å²) >= 11 is 18.8. The summed E-state index contributed by atoms with van der Waals surface area (Å²) in [7, 11) is 1.56. The third-order valence-corrected chi connectivity index (χ3v) is 5.49. The standard InChI is InChI=1S/C20H14Br2Cl2N2O4/c1-28-13-7-15(21)20(16(22)8-13)29-10-19(27)26-25-9-12-3-5-18(30-12)14-4-2-11(23)6-17(14)24/h2-9H,10H2,1H3,(H,26,27)/b25-9+. The van der Waals surface area contributed by atoms with Gasteiger partial charge in [-0.25, -0.2) is 5.43 Å². The lowest BCUT2D eigenvalue weighted by molar-refractivity contribution is -0.123. The third kappa shape index (κ3) is 5.78. The van der Waals surface area contributed by atoms with E-state index < -0.39 is 5.91 Å². The van der Waals surface area contributed by atoms with E-state index in [2.05, 4.69) is 42.4 Å². The van der Waals surface area contributed by atoms with Crippen LogP contribution in [0.15, 0.2) is 60.9 Å². The monoisotopic (exact) mass is 574 g/mol. The van der Waals surface area contributed by atoms with E-state index in [1.807, 2.05) is 0 Å². The van der Waals surface area contributed by atoms with E-state index in [1.165, 1.54) is 6.21 Å². The van der Waals surface area contributed by atoms with Crippen LogP contribution >= 0.6 is 55.1 Å². The number of ether oxygens (including phenoxy) is 2. The highest BCUT2D eigenvalue weighted by molar-refractivity contribution is 9.11. The van der Waals surface area contributed by atoms with Gasteiger partial charge < -0.3 is 13.9 Å². The number of hydrazone groups is 1. The maximum atomic E-state index is 12.0. The Morgan fingerprint density at radius 1 is 1.17 bits per heavy atom. The Hall–Kier alpha value is -2.00. The summed E-state index contributed by atoms with van der Waals surface area (Å²) in [4.78, 5) is 12.0. The average molecular weight is 577 g/mol. The van der Waals surface area contributed by atoms with E-state index in [0.717, 1.165) is 0 Å². The fourth-order valence-electron chi connectivity index (χ4n) is 2.39. The van der Waals surface area contributed by atoms with Gasteiger partial charge in [0.15, 0.2) is 6.61 Å². The summed E-state index contributed by atoms with van der Waals surface area (Å²) in [5.74, 6) is 1.69. The molecule has 0 aliphatic heterocycles. The van der Waals surface area contributed by atoms with E-state index in [-0.39, 0.29) is 6.61 Å². The zero-order chi connectivity index (χ0) is 21.7. The molecule has 1 amide bonds. The third-order valence-electron chi connectivity index (χ3n) is 3.76. The Kier molecular flexibility index (Phi) is 7.82. The molecule has 0 radical (unpaired) electrons. The van der Waals surface area contributed by atoms with E-state index in [9.17, 15) is 4.79 Å². The van der Waals surface area contributed by atoms with E-state index in [4.69, 9.17) is 37.1 Å². The zero-order valence-electron chi connectivity index (χ0n) is 15.4. The number of nitrogens with one attached hydrogen (secondary N) is 1. The highest BCUT2D eigenvalue weighted by atomic mass is 79.9. The summed E-state index contributed by atoms with van der Waals surface area (Å²) in [6, 6.07) is 12.0. The molecular formula is C20H14Br2Cl2N2O4. The first-order chi connectivity index (χ1) is 14.4. The van der Waals surface area contributed by atoms with Gasteiger partial charge in [0.1, 0.15) is 23.0 Å². The number of methoxy groups -OCH3 is 1. The van der Waals surface area contributed by atoms with Gasteiger partial charge in [0.25, 0.3) is 5.91 Å². The Morgan fingerprint density at radius 3 is 2.57 bits per heavy atom. The summed E-state index contributed by atoms with van der Waals surface area (Å²) in [5, 5.41) is 4.89. The molecule has 2 aromatic carbocycles. The molecule has 1 N–H and O–H groups in total. The van der Waals surface area contributed by atoms with Crippen LogP contribution in [-0.4, -0.2) is 25.8 Å². The molecule has 156 valence electrons. The van der Waals surface area contributed by atoms with Crippen molar-refractivity contribution < 1.29 is 18.7 Å². The van der Waals surface area contributed by atoms with E-state index in [1.54, 1.807) is 49.6 Å². The highest BCUT2D eigenvalue weighted by Crippen LogP contribution is 2.37. The van der Waals surface area contributed by atoms with Gasteiger partial charge in [-0.2, -0.15) is 5.10 Å². The number of halogens is 4. The van der Waals surface area contributed by atoms with Crippen LogP contribution in [0.1, 0.15) is 5.76 Å². The minimum atomic E-state index is -0.437. The Bertz CT molecular complexity index is 1080. The van der Waals surface area contributed by atoms with Gasteiger partial charge in [0.2, 0.25) is 0 Å². The van der Waals surface area contributed by atoms with Crippen LogP contribution < -0.4 is 14.9 Å². The molecule has 0 saturated heterocycles. The summed E-state index contributed by atoms with van der Waals surface area (Å²) in [5.41, 5.74) is 3.08. The molecule has 0 aliphatic rings. The number of hydrogen-bond acceptors (Lipinski definition) is 5. The lowest BCUT2D eigenvalue weighted by atomic mass is 10.2. The van der Waals surface area contributed by atoms with Gasteiger partial charge >= 0.3 is 0 Å². The first-order valence-electron chi connectivity index (χ1n) is 8.40. The van der Waals surface area contributed by atoms with Crippen LogP contribution in [0.5, 0.6) is 11.5 Å². The summed E-state index contributed by atoms with van der Waals surface area (Å²) in [6.45, 7) is -0.231. The summed E-state index contributed by atoms with van der Waals surface area (Å²) in [6.07, 6.45) is 1.38. The van der Waals surface area contributed by atoms with Crippen molar-refractivity contribution in [1.82, 2.24) is 5.43 Å². The van der Waals surface area contributed by atoms with Crippen LogP contribution in [0, 0.1) is 0 Å². The predicted molar refractivity (Wildman–Crippen MR) is 124 cm³/mol. The normalized spacial score (nSPS) is 11.0. The van der Waals surface area contributed by atoms with Crippen molar-refractivity contribution in [2.75, 3.05) is 13.7 Å². The van der Waals surface area contributed by atoms with Gasteiger partial charge in [-0.05, 0) is 74.3 Å². The van der Waals surface area contributed by atoms with Crippen LogP contribution in [0.4, 0.5) is 0 Å². The number of carbonyl (C=O) groups is 1. The molecule has 0 spiro atoms. The molecule has 0 saturated carbocycles. The van der Waals surface area contributed by atoms with Gasteiger partial charge in [-0.1, -0.05) is 23.2 Å². The molecule has 0 bridgehead atoms. The van der Waals surface area contributed by atoms with Gasteiger partial charge in [-0.3, -0.25) is 4.79 Å². The molecule has 10 heteroatoms. The van der Waals surface area contributed by atoms with E-state index >= 15 is 0 Å². The average Bonchev–Trinajstić information content (AvgIpc) is 3.15. The lowest BCUT2D eigenvalue weighted by Gasteiger charge is -2.11. The second-order valence-corrected chi connectivity index (χ2v) is 8.38. The number of furan rings is 1. The topological polar surface area (TPSA) is 73.1 Å². The van der Waals surface area contributed by atoms with Crippen LogP contribution in [0.2, 0.25) is 10.0 Å². The Morgan fingerprint density at radius 2 is 1.90 bits per heavy atom. The summed E-state index contributed by atoms with van der Waals surface area (Å²) < 4.78 is 17.7. The maximum Gasteiger partial charge on any atom is 0.277 e. The molecule has 0 aliphatic carbocycles. The number of nitrogens with zero attached hydrogens (tertiary/aromatic N) is 1. The smallest absolute Gasteiger partial charge is 0.277 e. The molecule has 0 unspecified atom stereocenters. The minimum Gasteiger partial charge on any atom is -0.497 e. The largest absolute Gasteiger partial charge is 0.497 e. The number of rotatable bonds is 7. The quantitative estimate of drug-likeness (QED) is 0.264. The molecule has 6 nitrogen and oxygen atoms in total. The highest BCUT2D eigenvalue weighted by Gasteiger charge is 2.12. The Balaban J connectivity index is 1.56. The van der Waals surface area contributed by atoms with Gasteiger partial charge in [0.05, 0.1) is 27.3 Å². The van der Waals surface area contributed by atoms with Crippen molar-refractivity contribution in [3.8, 4) is 22.8 Å². The van der Waals surface area contributed by atoms with Crippen molar-refractivity contribution in [3.05, 3.63) is 67.2 Å². The second kappa shape index (κ2) is 10.3. The van der Waals surface area contributed by atoms with Crippen LogP contribution in [-0.2, 0) is 4.79 Å². The number of carbonyl (C=O) groups excluding carboxylic acids is 1. The molecule has 0 fully saturated rings. The number of hydrogen-bond donors (Lipinski definition) is 1. The number of amides is 1. The zero-order valence-corrected chi connectivity index (χ0v) is 20.1. The second-order valence-electron chi connectivity index (χ2n) is 5.83. The SMILES string of the molecule is COc1cc(Br)c(OCC(=O)N/N=C/c2ccc(-c3ccc(Cl)cc3Cl)o2)c(Br)c1. The van der Waals surface area contributed by atoms with Gasteiger partial charge in [0, 0.05) is 10.6 Å². The van der Waals surface area contributed by atoms with Crippen molar-refractivity contribution >= 4 is 67.2 Å². The molecule has 3 aromatic rings. The fraction of sp³-hybridized carbons (Fsp3) is 0.100. The predicted octanol–water partition coefficient (Wildman–Crippen LogP) is 6.32. The molecule has 30 heavy (non-hydrogen) atoms. The van der Waals surface area contributed by atoms with Crippen molar-refractivity contribution in [1.29, 1.82) is 0 Å². The molecule has 0 atom stereocenters. The first-order valence-corrected chi connectivity index (χ1v) is 10.7. The van der Waals surface area contributed by atoms with Crippen LogP contribution in [0.25, 0.3) is 11.3 Å². The molecule has 3 rings (SSSR count). The Labute approximate surface area is 199 Å². The minimum absolute atomic E-state index is 0.231. The van der Waals surface area contributed by atoms with Crippen LogP contribution in [0.3, 0.4) is 0 Å². The van der Waals surface area contributed by atoms with Crippen molar-refractivity contribution in [3.63, 3.8) is 0 Å². The first kappa shape index (κ1) is 22.7. The molecular weight excluding hydrogens is 563 g/mol. The van der Waals surface area contributed by atoms with Crippen molar-refractivity contribution in [2.45, 2.75) is 0 Å². The fourth-order valence-corrected chi connectivity index (χ4v) is 4.26. The molecule has 1 heterocycles. The van der Waals surface area contributed by atoms with E-state index in [0.29, 0.717) is 47.6 Å². The maximum absolute atomic E-state index is 12.0.